The third-order valence-electron chi connectivity index (χ3n) is 2.43. The van der Waals surface area contributed by atoms with Gasteiger partial charge in [-0.25, -0.2) is 0 Å². The number of hydrogen-bond donors (Lipinski definition) is 1. The van der Waals surface area contributed by atoms with Crippen LogP contribution in [0.4, 0.5) is 0 Å². The summed E-state index contributed by atoms with van der Waals surface area (Å²) in [5.41, 5.74) is 0. The van der Waals surface area contributed by atoms with Crippen LogP contribution in [0.5, 0.6) is 0 Å². The lowest BCUT2D eigenvalue weighted by atomic mass is 10.4. The summed E-state index contributed by atoms with van der Waals surface area (Å²) in [4.78, 5) is 0. The highest BCUT2D eigenvalue weighted by Crippen LogP contribution is 2.11. The first kappa shape index (κ1) is 17.3. The molecule has 1 aromatic carbocycles. The van der Waals surface area contributed by atoms with E-state index in [2.05, 4.69) is 0 Å². The Balaban J connectivity index is 2.93. The normalized spacial score (nSPS) is 12.6. The molecule has 0 aromatic heterocycles. The van der Waals surface area contributed by atoms with Gasteiger partial charge in [-0.1, -0.05) is 30.3 Å². The smallest absolute Gasteiger partial charge is 0.370 e. The molecule has 0 radical (unpaired) electrons. The Hall–Kier alpha value is -0.773. The van der Waals surface area contributed by atoms with Crippen LogP contribution in [0.1, 0.15) is 13.8 Å². The first-order chi connectivity index (χ1) is 9.43. The van der Waals surface area contributed by atoms with Gasteiger partial charge in [0.1, 0.15) is 0 Å². The van der Waals surface area contributed by atoms with Crippen LogP contribution in [0, 0.1) is 0 Å². The van der Waals surface area contributed by atoms with Crippen LogP contribution < -0.4 is 5.19 Å². The van der Waals surface area contributed by atoms with Gasteiger partial charge in [-0.05, 0) is 13.8 Å². The Kier molecular flexibility index (Phi) is 6.79. The van der Waals surface area contributed by atoms with E-state index in [4.69, 9.17) is 17.8 Å². The van der Waals surface area contributed by atoms with Gasteiger partial charge in [0, 0.05) is 18.4 Å². The predicted molar refractivity (Wildman–Crippen MR) is 77.4 cm³/mol. The maximum absolute atomic E-state index is 10.8. The minimum absolute atomic E-state index is 0.181. The number of benzene rings is 1. The van der Waals surface area contributed by atoms with Crippen LogP contribution in [0.2, 0.25) is 0 Å². The second-order valence-electron chi connectivity index (χ2n) is 3.92. The molecule has 0 aliphatic heterocycles. The molecule has 0 bridgehead atoms. The van der Waals surface area contributed by atoms with E-state index in [0.717, 1.165) is 5.19 Å². The van der Waals surface area contributed by atoms with Gasteiger partial charge in [-0.3, -0.25) is 4.55 Å². The van der Waals surface area contributed by atoms with Gasteiger partial charge < -0.3 is 13.3 Å². The van der Waals surface area contributed by atoms with Gasteiger partial charge >= 0.3 is 8.80 Å². The molecule has 0 saturated carbocycles. The van der Waals surface area contributed by atoms with Crippen molar-refractivity contribution in [1.29, 1.82) is 0 Å². The second kappa shape index (κ2) is 7.86. The average Bonchev–Trinajstić information content (AvgIpc) is 2.38. The fourth-order valence-electron chi connectivity index (χ4n) is 1.68. The summed E-state index contributed by atoms with van der Waals surface area (Å²) in [6.45, 7) is 4.21. The lowest BCUT2D eigenvalue weighted by Crippen LogP contribution is -2.57. The summed E-state index contributed by atoms with van der Waals surface area (Å²) < 4.78 is 47.3. The van der Waals surface area contributed by atoms with Crippen molar-refractivity contribution in [2.45, 2.75) is 13.8 Å². The van der Waals surface area contributed by atoms with Crippen LogP contribution >= 0.6 is 0 Å². The molecular weight excluding hydrogens is 300 g/mol. The molecule has 0 fully saturated rings. The third-order valence-corrected chi connectivity index (χ3v) is 6.07. The average molecular weight is 320 g/mol. The van der Waals surface area contributed by atoms with E-state index in [1.54, 1.807) is 0 Å². The van der Waals surface area contributed by atoms with Gasteiger partial charge in [0.25, 0.3) is 10.1 Å². The molecule has 0 aliphatic rings. The van der Waals surface area contributed by atoms with E-state index in [1.165, 1.54) is 0 Å². The topological polar surface area (TPSA) is 82.1 Å². The first-order valence-corrected chi connectivity index (χ1v) is 9.69. The molecule has 1 N–H and O–H groups in total. The minimum atomic E-state index is -4.07. The van der Waals surface area contributed by atoms with Crippen LogP contribution in [-0.2, 0) is 23.4 Å². The predicted octanol–water partition coefficient (Wildman–Crippen LogP) is 0.810. The zero-order valence-corrected chi connectivity index (χ0v) is 13.4. The van der Waals surface area contributed by atoms with E-state index in [0.29, 0.717) is 13.2 Å². The van der Waals surface area contributed by atoms with Crippen molar-refractivity contribution in [3.63, 3.8) is 0 Å². The second-order valence-corrected chi connectivity index (χ2v) is 8.05. The Morgan fingerprint density at radius 1 is 1.05 bits per heavy atom. The Morgan fingerprint density at radius 2 is 1.60 bits per heavy atom. The zero-order valence-electron chi connectivity index (χ0n) is 11.6. The maximum Gasteiger partial charge on any atom is 0.537 e. The molecule has 0 spiro atoms. The van der Waals surface area contributed by atoms with Crippen LogP contribution in [0.25, 0.3) is 0 Å². The fraction of sp³-hybridized carbons (Fsp3) is 0.500. The lowest BCUT2D eigenvalue weighted by molar-refractivity contribution is 0.0862. The largest absolute Gasteiger partial charge is 0.537 e. The molecular formula is C12H20O6SSi. The highest BCUT2D eigenvalue weighted by molar-refractivity contribution is 7.85. The van der Waals surface area contributed by atoms with Crippen molar-refractivity contribution in [2.75, 3.05) is 25.6 Å². The summed E-state index contributed by atoms with van der Waals surface area (Å²) in [6.07, 6.45) is 0. The van der Waals surface area contributed by atoms with E-state index < -0.39 is 24.7 Å². The lowest BCUT2D eigenvalue weighted by Gasteiger charge is -2.28. The van der Waals surface area contributed by atoms with Gasteiger partial charge in [-0.15, -0.1) is 0 Å². The summed E-state index contributed by atoms with van der Waals surface area (Å²) in [5, 5.41) is 0.763. The summed E-state index contributed by atoms with van der Waals surface area (Å²) >= 11 is 0. The van der Waals surface area contributed by atoms with Gasteiger partial charge in [0.2, 0.25) is 0 Å². The molecule has 0 heterocycles. The molecule has 0 aliphatic carbocycles. The standard InChI is InChI=1S/C12H20O6SSi/c1-3-16-20(17-4-2,12-8-6-5-7-9-12)18-10-11-19(13,14)15/h5-9H,3-4,10-11H2,1-2H3,(H,13,14,15). The fourth-order valence-corrected chi connectivity index (χ4v) is 4.60. The molecule has 0 amide bonds. The third kappa shape index (κ3) is 5.31. The van der Waals surface area contributed by atoms with Crippen LogP contribution in [0.15, 0.2) is 30.3 Å². The summed E-state index contributed by atoms with van der Waals surface area (Å²) in [7, 11) is -7.22. The van der Waals surface area contributed by atoms with E-state index in [1.807, 2.05) is 44.2 Å². The molecule has 1 rings (SSSR count). The Morgan fingerprint density at radius 3 is 2.05 bits per heavy atom. The quantitative estimate of drug-likeness (QED) is 0.535. The van der Waals surface area contributed by atoms with Gasteiger partial charge in [0.15, 0.2) is 0 Å². The Labute approximate surface area is 120 Å². The highest BCUT2D eigenvalue weighted by atomic mass is 32.2. The molecule has 0 unspecified atom stereocenters. The van der Waals surface area contributed by atoms with Crippen molar-refractivity contribution < 1.29 is 26.2 Å². The number of hydrogen-bond acceptors (Lipinski definition) is 5. The van der Waals surface area contributed by atoms with Crippen molar-refractivity contribution in [1.82, 2.24) is 0 Å². The summed E-state index contributed by atoms with van der Waals surface area (Å²) in [5.74, 6) is -0.491. The maximum atomic E-state index is 10.8. The van der Waals surface area contributed by atoms with Gasteiger partial charge in [-0.2, -0.15) is 8.42 Å². The van der Waals surface area contributed by atoms with Gasteiger partial charge in [0.05, 0.1) is 12.4 Å². The minimum Gasteiger partial charge on any atom is -0.370 e. The van der Waals surface area contributed by atoms with E-state index >= 15 is 0 Å². The number of rotatable bonds is 9. The molecule has 0 saturated heterocycles. The molecule has 8 heteroatoms. The SMILES string of the molecule is CCO[Si](OCC)(OCCS(=O)(=O)O)c1ccccc1. The molecule has 6 nitrogen and oxygen atoms in total. The van der Waals surface area contributed by atoms with Crippen molar-refractivity contribution in [3.8, 4) is 0 Å². The highest BCUT2D eigenvalue weighted by Gasteiger charge is 2.43. The van der Waals surface area contributed by atoms with Crippen molar-refractivity contribution >= 4 is 24.1 Å². The Bertz CT molecular complexity index is 484. The first-order valence-electron chi connectivity index (χ1n) is 6.36. The summed E-state index contributed by atoms with van der Waals surface area (Å²) in [6, 6.07) is 9.18. The molecule has 0 atom stereocenters. The zero-order chi connectivity index (χ0) is 15.1. The van der Waals surface area contributed by atoms with E-state index in [9.17, 15) is 8.42 Å². The van der Waals surface area contributed by atoms with Crippen LogP contribution in [0.3, 0.4) is 0 Å². The monoisotopic (exact) mass is 320 g/mol. The van der Waals surface area contributed by atoms with Crippen LogP contribution in [-0.4, -0.2) is 47.3 Å². The molecule has 114 valence electrons. The van der Waals surface area contributed by atoms with Crippen molar-refractivity contribution in [3.05, 3.63) is 30.3 Å². The molecule has 20 heavy (non-hydrogen) atoms. The van der Waals surface area contributed by atoms with Crippen molar-refractivity contribution in [2.24, 2.45) is 0 Å². The van der Waals surface area contributed by atoms with E-state index in [-0.39, 0.29) is 6.61 Å². The molecule has 1 aromatic rings.